The van der Waals surface area contributed by atoms with E-state index in [1.807, 2.05) is 0 Å². The summed E-state index contributed by atoms with van der Waals surface area (Å²) in [4.78, 5) is 10.1. The summed E-state index contributed by atoms with van der Waals surface area (Å²) in [5.41, 5.74) is 1.06. The lowest BCUT2D eigenvalue weighted by atomic mass is 9.81. The first-order valence-corrected chi connectivity index (χ1v) is 5.68. The van der Waals surface area contributed by atoms with Gasteiger partial charge in [0, 0.05) is 12.1 Å². The molecular formula is C12H15NO4. The zero-order valence-corrected chi connectivity index (χ0v) is 9.32. The maximum absolute atomic E-state index is 10.5. The maximum atomic E-state index is 10.5. The summed E-state index contributed by atoms with van der Waals surface area (Å²) in [6, 6.07) is 6.42. The summed E-state index contributed by atoms with van der Waals surface area (Å²) in [7, 11) is 0. The number of hydrogen-bond acceptors (Lipinski definition) is 4. The first-order valence-electron chi connectivity index (χ1n) is 5.68. The van der Waals surface area contributed by atoms with Gasteiger partial charge in [-0.3, -0.25) is 10.1 Å². The summed E-state index contributed by atoms with van der Waals surface area (Å²) in [5, 5.41) is 29.5. The Bertz CT molecular complexity index is 403. The van der Waals surface area contributed by atoms with Crippen LogP contribution in [0, 0.1) is 10.1 Å². The highest BCUT2D eigenvalue weighted by molar-refractivity contribution is 5.34. The Morgan fingerprint density at radius 3 is 2.29 bits per heavy atom. The highest BCUT2D eigenvalue weighted by Gasteiger charge is 2.28. The Morgan fingerprint density at radius 1 is 1.12 bits per heavy atom. The lowest BCUT2D eigenvalue weighted by molar-refractivity contribution is -0.384. The van der Waals surface area contributed by atoms with Crippen LogP contribution < -0.4 is 0 Å². The zero-order valence-electron chi connectivity index (χ0n) is 9.32. The van der Waals surface area contributed by atoms with Gasteiger partial charge in [0.2, 0.25) is 0 Å². The molecule has 1 aromatic carbocycles. The second-order valence-corrected chi connectivity index (χ2v) is 4.49. The third kappa shape index (κ3) is 2.62. The van der Waals surface area contributed by atoms with Gasteiger partial charge >= 0.3 is 0 Å². The van der Waals surface area contributed by atoms with Crippen LogP contribution in [-0.2, 0) is 0 Å². The predicted molar refractivity (Wildman–Crippen MR) is 61.7 cm³/mol. The monoisotopic (exact) mass is 237 g/mol. The van der Waals surface area contributed by atoms with Gasteiger partial charge in [-0.05, 0) is 30.7 Å². The van der Waals surface area contributed by atoms with Gasteiger partial charge in [-0.15, -0.1) is 0 Å². The Hall–Kier alpha value is -1.46. The molecule has 1 saturated carbocycles. The fraction of sp³-hybridized carbons (Fsp3) is 0.500. The standard InChI is InChI=1S/C12H15NO4/c14-11-6-3-9(7-12(11)15)8-1-4-10(5-2-8)13(16)17/h1-2,4-5,9,11-12,14-15H,3,6-7H2. The highest BCUT2D eigenvalue weighted by atomic mass is 16.6. The fourth-order valence-electron chi connectivity index (χ4n) is 2.30. The molecule has 0 bridgehead atoms. The Labute approximate surface area is 98.9 Å². The number of rotatable bonds is 2. The van der Waals surface area contributed by atoms with Crippen LogP contribution in [0.4, 0.5) is 5.69 Å². The van der Waals surface area contributed by atoms with E-state index in [-0.39, 0.29) is 11.6 Å². The van der Waals surface area contributed by atoms with E-state index < -0.39 is 17.1 Å². The molecule has 2 rings (SSSR count). The normalized spacial score (nSPS) is 28.9. The topological polar surface area (TPSA) is 83.6 Å². The lowest BCUT2D eigenvalue weighted by Gasteiger charge is -2.30. The van der Waals surface area contributed by atoms with Crippen molar-refractivity contribution in [2.45, 2.75) is 37.4 Å². The molecule has 3 atom stereocenters. The first kappa shape index (κ1) is 12.0. The average molecular weight is 237 g/mol. The summed E-state index contributed by atoms with van der Waals surface area (Å²) in [6.07, 6.45) is 0.561. The maximum Gasteiger partial charge on any atom is 0.269 e. The summed E-state index contributed by atoms with van der Waals surface area (Å²) in [6.45, 7) is 0. The number of hydrogen-bond donors (Lipinski definition) is 2. The molecule has 1 fully saturated rings. The van der Waals surface area contributed by atoms with Crippen molar-refractivity contribution in [2.24, 2.45) is 0 Å². The number of nitrogens with zero attached hydrogens (tertiary/aromatic N) is 1. The number of aliphatic hydroxyl groups excluding tert-OH is 2. The van der Waals surface area contributed by atoms with E-state index in [1.165, 1.54) is 12.1 Å². The molecule has 1 aliphatic carbocycles. The van der Waals surface area contributed by atoms with Crippen molar-refractivity contribution in [3.05, 3.63) is 39.9 Å². The van der Waals surface area contributed by atoms with Gasteiger partial charge in [-0.1, -0.05) is 12.1 Å². The Balaban J connectivity index is 2.10. The van der Waals surface area contributed by atoms with Crippen LogP contribution in [0.2, 0.25) is 0 Å². The van der Waals surface area contributed by atoms with Gasteiger partial charge in [0.1, 0.15) is 0 Å². The van der Waals surface area contributed by atoms with E-state index in [2.05, 4.69) is 0 Å². The number of nitro benzene ring substituents is 1. The van der Waals surface area contributed by atoms with Crippen molar-refractivity contribution >= 4 is 5.69 Å². The van der Waals surface area contributed by atoms with Gasteiger partial charge in [0.05, 0.1) is 17.1 Å². The second-order valence-electron chi connectivity index (χ2n) is 4.49. The fourth-order valence-corrected chi connectivity index (χ4v) is 2.30. The minimum atomic E-state index is -0.691. The van der Waals surface area contributed by atoms with Gasteiger partial charge in [-0.25, -0.2) is 0 Å². The summed E-state index contributed by atoms with van der Waals surface area (Å²) < 4.78 is 0. The Morgan fingerprint density at radius 2 is 1.76 bits per heavy atom. The highest BCUT2D eigenvalue weighted by Crippen LogP contribution is 2.33. The molecule has 3 unspecified atom stereocenters. The molecule has 0 radical (unpaired) electrons. The van der Waals surface area contributed by atoms with Crippen LogP contribution in [-0.4, -0.2) is 27.3 Å². The Kier molecular flexibility index (Phi) is 3.40. The molecule has 0 amide bonds. The minimum Gasteiger partial charge on any atom is -0.390 e. The molecule has 5 nitrogen and oxygen atoms in total. The number of non-ortho nitro benzene ring substituents is 1. The lowest BCUT2D eigenvalue weighted by Crippen LogP contribution is -2.32. The predicted octanol–water partition coefficient (Wildman–Crippen LogP) is 1.58. The summed E-state index contributed by atoms with van der Waals surface area (Å²) >= 11 is 0. The largest absolute Gasteiger partial charge is 0.390 e. The van der Waals surface area contributed by atoms with Gasteiger partial charge in [0.25, 0.3) is 5.69 Å². The van der Waals surface area contributed by atoms with Crippen molar-refractivity contribution in [1.29, 1.82) is 0 Å². The SMILES string of the molecule is O=[N+]([O-])c1ccc(C2CCC(O)C(O)C2)cc1. The summed E-state index contributed by atoms with van der Waals surface area (Å²) in [5.74, 6) is 0.175. The molecule has 17 heavy (non-hydrogen) atoms. The van der Waals surface area contributed by atoms with Crippen LogP contribution in [0.5, 0.6) is 0 Å². The van der Waals surface area contributed by atoms with Crippen molar-refractivity contribution in [1.82, 2.24) is 0 Å². The van der Waals surface area contributed by atoms with Crippen molar-refractivity contribution < 1.29 is 15.1 Å². The van der Waals surface area contributed by atoms with Crippen LogP contribution in [0.25, 0.3) is 0 Å². The molecule has 1 aliphatic rings. The molecule has 92 valence electrons. The zero-order chi connectivity index (χ0) is 12.4. The quantitative estimate of drug-likeness (QED) is 0.604. The second kappa shape index (κ2) is 4.81. The molecule has 5 heteroatoms. The van der Waals surface area contributed by atoms with Crippen LogP contribution in [0.15, 0.2) is 24.3 Å². The molecule has 0 spiro atoms. The van der Waals surface area contributed by atoms with E-state index in [0.717, 1.165) is 12.0 Å². The molecule has 2 N–H and O–H groups in total. The van der Waals surface area contributed by atoms with Crippen LogP contribution in [0.3, 0.4) is 0 Å². The van der Waals surface area contributed by atoms with E-state index >= 15 is 0 Å². The first-order chi connectivity index (χ1) is 8.08. The minimum absolute atomic E-state index is 0.0742. The third-order valence-corrected chi connectivity index (χ3v) is 3.36. The van der Waals surface area contributed by atoms with Crippen LogP contribution >= 0.6 is 0 Å². The van der Waals surface area contributed by atoms with Gasteiger partial charge in [0.15, 0.2) is 0 Å². The van der Waals surface area contributed by atoms with Gasteiger partial charge in [-0.2, -0.15) is 0 Å². The molecule has 0 aliphatic heterocycles. The molecule has 0 saturated heterocycles. The number of nitro groups is 1. The molecule has 0 heterocycles. The van der Waals surface area contributed by atoms with Crippen molar-refractivity contribution in [2.75, 3.05) is 0 Å². The third-order valence-electron chi connectivity index (χ3n) is 3.36. The average Bonchev–Trinajstić information content (AvgIpc) is 2.33. The van der Waals surface area contributed by atoms with E-state index in [1.54, 1.807) is 12.1 Å². The van der Waals surface area contributed by atoms with Crippen LogP contribution in [0.1, 0.15) is 30.7 Å². The smallest absolute Gasteiger partial charge is 0.269 e. The molecule has 1 aromatic rings. The number of benzene rings is 1. The van der Waals surface area contributed by atoms with Crippen molar-refractivity contribution in [3.8, 4) is 0 Å². The molecular weight excluding hydrogens is 222 g/mol. The number of aliphatic hydroxyl groups is 2. The van der Waals surface area contributed by atoms with Crippen molar-refractivity contribution in [3.63, 3.8) is 0 Å². The van der Waals surface area contributed by atoms with E-state index in [9.17, 15) is 20.3 Å². The van der Waals surface area contributed by atoms with Gasteiger partial charge < -0.3 is 10.2 Å². The van der Waals surface area contributed by atoms with E-state index in [0.29, 0.717) is 12.8 Å². The van der Waals surface area contributed by atoms with E-state index in [4.69, 9.17) is 0 Å². The molecule has 0 aromatic heterocycles.